The Morgan fingerprint density at radius 1 is 1.13 bits per heavy atom. The predicted octanol–water partition coefficient (Wildman–Crippen LogP) is 3.67. The largest absolute Gasteiger partial charge is 0.466 e. The molecule has 0 unspecified atom stereocenters. The molecular formula is C18H23ClN2O2. The van der Waals surface area contributed by atoms with Gasteiger partial charge in [0.2, 0.25) is 0 Å². The van der Waals surface area contributed by atoms with Crippen molar-refractivity contribution >= 4 is 24.1 Å². The molecule has 2 aromatic rings. The Kier molecular flexibility index (Phi) is 8.16. The number of rotatable bonds is 7. The van der Waals surface area contributed by atoms with Gasteiger partial charge in [-0.05, 0) is 30.2 Å². The van der Waals surface area contributed by atoms with Crippen LogP contribution in [-0.4, -0.2) is 12.6 Å². The third-order valence-corrected chi connectivity index (χ3v) is 3.37. The van der Waals surface area contributed by atoms with Gasteiger partial charge in [-0.1, -0.05) is 42.5 Å². The summed E-state index contributed by atoms with van der Waals surface area (Å²) >= 11 is 0. The second-order valence-electron chi connectivity index (χ2n) is 5.08. The quantitative estimate of drug-likeness (QED) is 0.758. The smallest absolute Gasteiger partial charge is 0.307 e. The van der Waals surface area contributed by atoms with Crippen molar-refractivity contribution in [2.75, 3.05) is 11.9 Å². The van der Waals surface area contributed by atoms with E-state index in [9.17, 15) is 4.79 Å². The van der Waals surface area contributed by atoms with Crippen molar-refractivity contribution in [2.45, 2.75) is 25.9 Å². The molecule has 0 spiro atoms. The molecule has 3 N–H and O–H groups in total. The molecular weight excluding hydrogens is 312 g/mol. The Bertz CT molecular complexity index is 588. The van der Waals surface area contributed by atoms with E-state index in [0.717, 1.165) is 17.8 Å². The molecule has 0 amide bonds. The van der Waals surface area contributed by atoms with Gasteiger partial charge < -0.3 is 15.8 Å². The molecule has 0 heterocycles. The van der Waals surface area contributed by atoms with E-state index in [1.807, 2.05) is 42.5 Å². The summed E-state index contributed by atoms with van der Waals surface area (Å²) in [5.74, 6) is -0.263. The van der Waals surface area contributed by atoms with Crippen LogP contribution in [0.4, 0.5) is 5.69 Å². The number of carbonyl (C=O) groups is 1. The highest BCUT2D eigenvalue weighted by molar-refractivity contribution is 5.85. The highest BCUT2D eigenvalue weighted by Gasteiger charge is 2.12. The lowest BCUT2D eigenvalue weighted by atomic mass is 10.0. The maximum absolute atomic E-state index is 11.4. The van der Waals surface area contributed by atoms with E-state index >= 15 is 0 Å². The summed E-state index contributed by atoms with van der Waals surface area (Å²) < 4.78 is 4.91. The number of esters is 1. The normalized spacial score (nSPS) is 11.2. The van der Waals surface area contributed by atoms with Crippen LogP contribution in [0.5, 0.6) is 0 Å². The Hall–Kier alpha value is -2.04. The van der Waals surface area contributed by atoms with Crippen molar-refractivity contribution in [3.63, 3.8) is 0 Å². The van der Waals surface area contributed by atoms with Gasteiger partial charge in [-0.15, -0.1) is 12.4 Å². The predicted molar refractivity (Wildman–Crippen MR) is 95.6 cm³/mol. The van der Waals surface area contributed by atoms with Crippen molar-refractivity contribution < 1.29 is 9.53 Å². The highest BCUT2D eigenvalue weighted by Crippen LogP contribution is 2.18. The van der Waals surface area contributed by atoms with E-state index in [1.54, 1.807) is 6.92 Å². The number of hydrogen-bond donors (Lipinski definition) is 2. The van der Waals surface area contributed by atoms with E-state index < -0.39 is 0 Å². The molecule has 0 saturated heterocycles. The summed E-state index contributed by atoms with van der Waals surface area (Å²) in [6.07, 6.45) is 0.199. The fraction of sp³-hybridized carbons (Fsp3) is 0.278. The summed E-state index contributed by atoms with van der Waals surface area (Å²) in [6.45, 7) is 2.94. The van der Waals surface area contributed by atoms with Gasteiger partial charge in [0.15, 0.2) is 0 Å². The third-order valence-electron chi connectivity index (χ3n) is 3.37. The van der Waals surface area contributed by atoms with Crippen LogP contribution in [-0.2, 0) is 16.1 Å². The average Bonchev–Trinajstić information content (AvgIpc) is 2.54. The number of benzene rings is 2. The van der Waals surface area contributed by atoms with Crippen molar-refractivity contribution in [3.05, 3.63) is 65.7 Å². The summed E-state index contributed by atoms with van der Waals surface area (Å²) in [7, 11) is 0. The van der Waals surface area contributed by atoms with Crippen molar-refractivity contribution in [2.24, 2.45) is 5.73 Å². The number of anilines is 1. The summed E-state index contributed by atoms with van der Waals surface area (Å²) in [4.78, 5) is 11.4. The van der Waals surface area contributed by atoms with Crippen LogP contribution < -0.4 is 11.1 Å². The molecule has 0 saturated carbocycles. The number of halogens is 1. The summed E-state index contributed by atoms with van der Waals surface area (Å²) in [5.41, 5.74) is 9.20. The van der Waals surface area contributed by atoms with Crippen LogP contribution in [0.2, 0.25) is 0 Å². The minimum Gasteiger partial charge on any atom is -0.466 e. The van der Waals surface area contributed by atoms with Gasteiger partial charge >= 0.3 is 5.97 Å². The van der Waals surface area contributed by atoms with Crippen LogP contribution in [0.25, 0.3) is 0 Å². The van der Waals surface area contributed by atoms with Crippen molar-refractivity contribution in [1.82, 2.24) is 0 Å². The molecule has 0 radical (unpaired) electrons. The van der Waals surface area contributed by atoms with E-state index in [4.69, 9.17) is 10.5 Å². The van der Waals surface area contributed by atoms with Crippen molar-refractivity contribution in [1.29, 1.82) is 0 Å². The maximum Gasteiger partial charge on any atom is 0.307 e. The lowest BCUT2D eigenvalue weighted by Gasteiger charge is -2.12. The van der Waals surface area contributed by atoms with Gasteiger partial charge in [-0.3, -0.25) is 4.79 Å². The molecule has 0 bridgehead atoms. The summed E-state index contributed by atoms with van der Waals surface area (Å²) in [6, 6.07) is 17.7. The van der Waals surface area contributed by atoms with Gasteiger partial charge in [-0.2, -0.15) is 0 Å². The second-order valence-corrected chi connectivity index (χ2v) is 5.08. The molecule has 5 heteroatoms. The van der Waals surface area contributed by atoms with Crippen molar-refractivity contribution in [3.8, 4) is 0 Å². The lowest BCUT2D eigenvalue weighted by molar-refractivity contribution is -0.143. The first kappa shape index (κ1) is 19.0. The number of hydrogen-bond acceptors (Lipinski definition) is 4. The minimum atomic E-state index is -0.331. The molecule has 0 aliphatic carbocycles. The van der Waals surface area contributed by atoms with Gasteiger partial charge in [-0.25, -0.2) is 0 Å². The number of carbonyl (C=O) groups excluding carboxylic acids is 1. The molecule has 0 aliphatic heterocycles. The SMILES string of the molecule is CCOC(=O)C[C@H](N)c1ccc(NCc2ccccc2)cc1.Cl. The van der Waals surface area contributed by atoms with Gasteiger partial charge in [0.25, 0.3) is 0 Å². The first-order valence-corrected chi connectivity index (χ1v) is 7.48. The first-order valence-electron chi connectivity index (χ1n) is 7.48. The second kappa shape index (κ2) is 9.87. The van der Waals surface area contributed by atoms with Gasteiger partial charge in [0.05, 0.1) is 13.0 Å². The fourth-order valence-electron chi connectivity index (χ4n) is 2.17. The zero-order chi connectivity index (χ0) is 15.8. The Morgan fingerprint density at radius 3 is 2.39 bits per heavy atom. The van der Waals surface area contributed by atoms with Crippen LogP contribution in [0, 0.1) is 0 Å². The van der Waals surface area contributed by atoms with E-state index in [1.165, 1.54) is 5.56 Å². The zero-order valence-electron chi connectivity index (χ0n) is 13.2. The number of ether oxygens (including phenoxy) is 1. The number of nitrogens with two attached hydrogens (primary N) is 1. The van der Waals surface area contributed by atoms with E-state index in [0.29, 0.717) is 6.61 Å². The van der Waals surface area contributed by atoms with Crippen LogP contribution in [0.15, 0.2) is 54.6 Å². The monoisotopic (exact) mass is 334 g/mol. The minimum absolute atomic E-state index is 0. The third kappa shape index (κ3) is 6.30. The van der Waals surface area contributed by atoms with Gasteiger partial charge in [0, 0.05) is 18.3 Å². The van der Waals surface area contributed by atoms with E-state index in [-0.39, 0.29) is 30.8 Å². The fourth-order valence-corrected chi connectivity index (χ4v) is 2.17. The van der Waals surface area contributed by atoms with Crippen LogP contribution >= 0.6 is 12.4 Å². The first-order chi connectivity index (χ1) is 10.7. The molecule has 124 valence electrons. The van der Waals surface area contributed by atoms with Gasteiger partial charge in [0.1, 0.15) is 0 Å². The standard InChI is InChI=1S/C18H22N2O2.ClH/c1-2-22-18(21)12-17(19)15-8-10-16(11-9-15)20-13-14-6-4-3-5-7-14;/h3-11,17,20H,2,12-13,19H2,1H3;1H/t17-;/m0./s1. The molecule has 4 nitrogen and oxygen atoms in total. The molecule has 2 rings (SSSR count). The Labute approximate surface area is 143 Å². The molecule has 0 fully saturated rings. The lowest BCUT2D eigenvalue weighted by Crippen LogP contribution is -2.17. The summed E-state index contributed by atoms with van der Waals surface area (Å²) in [5, 5.41) is 3.36. The molecule has 23 heavy (non-hydrogen) atoms. The highest BCUT2D eigenvalue weighted by atomic mass is 35.5. The van der Waals surface area contributed by atoms with E-state index in [2.05, 4.69) is 17.4 Å². The molecule has 0 aliphatic rings. The average molecular weight is 335 g/mol. The van der Waals surface area contributed by atoms with Crippen LogP contribution in [0.1, 0.15) is 30.5 Å². The Morgan fingerprint density at radius 2 is 1.78 bits per heavy atom. The number of nitrogens with one attached hydrogen (secondary N) is 1. The maximum atomic E-state index is 11.4. The Balaban J connectivity index is 0.00000264. The topological polar surface area (TPSA) is 64.3 Å². The van der Waals surface area contributed by atoms with Crippen LogP contribution in [0.3, 0.4) is 0 Å². The molecule has 0 aromatic heterocycles. The zero-order valence-corrected chi connectivity index (χ0v) is 14.0. The molecule has 1 atom stereocenters. The molecule has 2 aromatic carbocycles.